The molecule has 1 heterocycles. The summed E-state index contributed by atoms with van der Waals surface area (Å²) in [5.41, 5.74) is 1.74. The molecule has 3 nitrogen and oxygen atoms in total. The lowest BCUT2D eigenvalue weighted by molar-refractivity contribution is 0.496. The zero-order valence-corrected chi connectivity index (χ0v) is 14.2. The Morgan fingerprint density at radius 2 is 1.96 bits per heavy atom. The van der Waals surface area contributed by atoms with Crippen molar-refractivity contribution >= 4 is 39.7 Å². The summed E-state index contributed by atoms with van der Waals surface area (Å²) in [5.74, 6) is 0.509. The second-order valence-electron chi connectivity index (χ2n) is 4.80. The predicted octanol–water partition coefficient (Wildman–Crippen LogP) is 5.39. The Kier molecular flexibility index (Phi) is 4.88. The lowest BCUT2D eigenvalue weighted by Crippen LogP contribution is -1.89. The van der Waals surface area contributed by atoms with Crippen molar-refractivity contribution in [2.45, 2.75) is 6.42 Å². The van der Waals surface area contributed by atoms with Gasteiger partial charge in [0.1, 0.15) is 5.82 Å². The number of halogens is 3. The largest absolute Gasteiger partial charge is 0.421 e. The zero-order chi connectivity index (χ0) is 16.2. The van der Waals surface area contributed by atoms with Crippen molar-refractivity contribution in [1.82, 2.24) is 10.2 Å². The first kappa shape index (κ1) is 15.9. The highest BCUT2D eigenvalue weighted by molar-refractivity contribution is 9.10. The highest BCUT2D eigenvalue weighted by Gasteiger charge is 2.07. The normalized spacial score (nSPS) is 11.3. The Labute approximate surface area is 145 Å². The van der Waals surface area contributed by atoms with Gasteiger partial charge < -0.3 is 4.42 Å². The van der Waals surface area contributed by atoms with Crippen LogP contribution in [0.2, 0.25) is 5.02 Å². The number of hydrogen-bond donors (Lipinski definition) is 0. The van der Waals surface area contributed by atoms with Gasteiger partial charge in [0.2, 0.25) is 11.8 Å². The Bertz CT molecular complexity index is 863. The molecule has 1 aromatic heterocycles. The summed E-state index contributed by atoms with van der Waals surface area (Å²) in [4.78, 5) is 0. The van der Waals surface area contributed by atoms with Crippen LogP contribution < -0.4 is 0 Å². The number of rotatable bonds is 4. The Morgan fingerprint density at radius 1 is 1.13 bits per heavy atom. The van der Waals surface area contributed by atoms with Gasteiger partial charge in [-0.1, -0.05) is 51.8 Å². The molecule has 0 atom stereocenters. The molecule has 0 aliphatic heterocycles. The van der Waals surface area contributed by atoms with E-state index in [1.165, 1.54) is 12.1 Å². The molecule has 0 aliphatic rings. The van der Waals surface area contributed by atoms with Crippen molar-refractivity contribution in [2.24, 2.45) is 0 Å². The van der Waals surface area contributed by atoms with Crippen molar-refractivity contribution in [2.75, 3.05) is 0 Å². The first-order valence-electron chi connectivity index (χ1n) is 6.81. The van der Waals surface area contributed by atoms with Gasteiger partial charge in [-0.3, -0.25) is 0 Å². The van der Waals surface area contributed by atoms with Crippen LogP contribution in [-0.4, -0.2) is 10.2 Å². The van der Waals surface area contributed by atoms with E-state index in [9.17, 15) is 4.39 Å². The summed E-state index contributed by atoms with van der Waals surface area (Å²) < 4.78 is 19.6. The maximum absolute atomic E-state index is 13.0. The molecule has 0 saturated heterocycles. The van der Waals surface area contributed by atoms with Gasteiger partial charge in [-0.25, -0.2) is 4.39 Å². The second kappa shape index (κ2) is 7.06. The van der Waals surface area contributed by atoms with E-state index in [1.807, 2.05) is 24.3 Å². The van der Waals surface area contributed by atoms with Gasteiger partial charge in [-0.2, -0.15) is 0 Å². The summed E-state index contributed by atoms with van der Waals surface area (Å²) in [6.07, 6.45) is 3.90. The molecular weight excluding hydrogens is 383 g/mol. The minimum absolute atomic E-state index is 0.328. The van der Waals surface area contributed by atoms with Crippen molar-refractivity contribution in [3.05, 3.63) is 80.7 Å². The van der Waals surface area contributed by atoms with Crippen LogP contribution in [0.5, 0.6) is 0 Å². The van der Waals surface area contributed by atoms with E-state index in [0.29, 0.717) is 28.8 Å². The van der Waals surface area contributed by atoms with E-state index < -0.39 is 0 Å². The lowest BCUT2D eigenvalue weighted by atomic mass is 10.1. The van der Waals surface area contributed by atoms with E-state index in [-0.39, 0.29) is 5.82 Å². The van der Waals surface area contributed by atoms with Gasteiger partial charge in [0.05, 0.1) is 11.4 Å². The average Bonchev–Trinajstić information content (AvgIpc) is 2.96. The van der Waals surface area contributed by atoms with Gasteiger partial charge in [0.25, 0.3) is 0 Å². The third-order valence-electron chi connectivity index (χ3n) is 3.15. The van der Waals surface area contributed by atoms with Crippen molar-refractivity contribution in [3.63, 3.8) is 0 Å². The number of aromatic nitrogens is 2. The fourth-order valence-electron chi connectivity index (χ4n) is 2.01. The van der Waals surface area contributed by atoms with Crippen molar-refractivity contribution in [3.8, 4) is 0 Å². The quantitative estimate of drug-likeness (QED) is 0.597. The molecule has 0 saturated carbocycles. The molecule has 0 aliphatic carbocycles. The summed E-state index contributed by atoms with van der Waals surface area (Å²) in [5, 5.41) is 8.32. The van der Waals surface area contributed by atoms with Crippen LogP contribution in [0.1, 0.15) is 22.9 Å². The molecule has 0 N–H and O–H groups in total. The van der Waals surface area contributed by atoms with Crippen LogP contribution in [0, 0.1) is 5.82 Å². The Balaban J connectivity index is 1.74. The van der Waals surface area contributed by atoms with Gasteiger partial charge in [-0.15, -0.1) is 10.2 Å². The van der Waals surface area contributed by atoms with Crippen LogP contribution in [-0.2, 0) is 6.42 Å². The highest BCUT2D eigenvalue weighted by atomic mass is 79.9. The number of hydrogen-bond acceptors (Lipinski definition) is 3. The molecule has 0 radical (unpaired) electrons. The van der Waals surface area contributed by atoms with Crippen LogP contribution in [0.3, 0.4) is 0 Å². The van der Waals surface area contributed by atoms with E-state index in [4.69, 9.17) is 16.0 Å². The molecule has 0 unspecified atom stereocenters. The number of nitrogens with zero attached hydrogens (tertiary/aromatic N) is 2. The Hall–Kier alpha value is -1.98. The van der Waals surface area contributed by atoms with Gasteiger partial charge in [0, 0.05) is 10.5 Å². The van der Waals surface area contributed by atoms with E-state index >= 15 is 0 Å². The molecule has 3 rings (SSSR count). The second-order valence-corrected chi connectivity index (χ2v) is 6.06. The molecule has 23 heavy (non-hydrogen) atoms. The predicted molar refractivity (Wildman–Crippen MR) is 91.6 cm³/mol. The van der Waals surface area contributed by atoms with E-state index in [0.717, 1.165) is 10.0 Å². The standard InChI is InChI=1S/C17H11BrClFN2O/c18-14-4-2-1-3-12(14)9-17-22-21-16(23-17)8-6-11-5-7-13(20)10-15(11)19/h1-8,10H,9H2. The summed E-state index contributed by atoms with van der Waals surface area (Å²) in [7, 11) is 0. The third-order valence-corrected chi connectivity index (χ3v) is 4.25. The van der Waals surface area contributed by atoms with Gasteiger partial charge in [0.15, 0.2) is 0 Å². The minimum Gasteiger partial charge on any atom is -0.421 e. The maximum Gasteiger partial charge on any atom is 0.240 e. The van der Waals surface area contributed by atoms with E-state index in [1.54, 1.807) is 18.2 Å². The molecule has 0 amide bonds. The minimum atomic E-state index is -0.374. The van der Waals surface area contributed by atoms with Crippen LogP contribution in [0.25, 0.3) is 12.2 Å². The SMILES string of the molecule is Fc1ccc(C=Cc2nnc(Cc3ccccc3Br)o2)c(Cl)c1. The van der Waals surface area contributed by atoms with Gasteiger partial charge in [-0.05, 0) is 35.4 Å². The van der Waals surface area contributed by atoms with Crippen molar-refractivity contribution in [1.29, 1.82) is 0 Å². The summed E-state index contributed by atoms with van der Waals surface area (Å²) in [6, 6.07) is 12.0. The molecule has 6 heteroatoms. The molecule has 116 valence electrons. The average molecular weight is 394 g/mol. The summed E-state index contributed by atoms with van der Waals surface area (Å²) >= 11 is 9.45. The molecule has 0 bridgehead atoms. The van der Waals surface area contributed by atoms with Crippen LogP contribution >= 0.6 is 27.5 Å². The van der Waals surface area contributed by atoms with E-state index in [2.05, 4.69) is 26.1 Å². The molecule has 2 aromatic carbocycles. The smallest absolute Gasteiger partial charge is 0.240 e. The monoisotopic (exact) mass is 392 g/mol. The topological polar surface area (TPSA) is 38.9 Å². The Morgan fingerprint density at radius 3 is 2.74 bits per heavy atom. The van der Waals surface area contributed by atoms with Crippen molar-refractivity contribution < 1.29 is 8.81 Å². The molecule has 3 aromatic rings. The fraction of sp³-hybridized carbons (Fsp3) is 0.0588. The maximum atomic E-state index is 13.0. The molecule has 0 fully saturated rings. The third kappa shape index (κ3) is 4.06. The lowest BCUT2D eigenvalue weighted by Gasteiger charge is -1.99. The molecular formula is C17H11BrClFN2O. The van der Waals surface area contributed by atoms with Gasteiger partial charge >= 0.3 is 0 Å². The first-order chi connectivity index (χ1) is 11.1. The highest BCUT2D eigenvalue weighted by Crippen LogP contribution is 2.21. The first-order valence-corrected chi connectivity index (χ1v) is 7.98. The fourth-order valence-corrected chi connectivity index (χ4v) is 2.66. The van der Waals surface area contributed by atoms with Crippen LogP contribution in [0.4, 0.5) is 4.39 Å². The van der Waals surface area contributed by atoms with Crippen LogP contribution in [0.15, 0.2) is 51.4 Å². The molecule has 0 spiro atoms. The zero-order valence-electron chi connectivity index (χ0n) is 11.8. The number of benzene rings is 2. The summed E-state index contributed by atoms with van der Waals surface area (Å²) in [6.45, 7) is 0.